The van der Waals surface area contributed by atoms with Crippen molar-refractivity contribution < 1.29 is 9.18 Å². The van der Waals surface area contributed by atoms with E-state index in [2.05, 4.69) is 4.98 Å². The SMILES string of the molecule is CCCC(=O)N1CCC(c2c[nH]c3ccc(F)cc23)CC1. The second-order valence-corrected chi connectivity index (χ2v) is 5.84. The Bertz CT molecular complexity index is 641. The van der Waals surface area contributed by atoms with Crippen molar-refractivity contribution in [3.63, 3.8) is 0 Å². The molecule has 0 bridgehead atoms. The fourth-order valence-corrected chi connectivity index (χ4v) is 3.26. The summed E-state index contributed by atoms with van der Waals surface area (Å²) in [5.41, 5.74) is 2.17. The first kappa shape index (κ1) is 14.1. The number of nitrogens with zero attached hydrogens (tertiary/aromatic N) is 1. The Hall–Kier alpha value is -1.84. The quantitative estimate of drug-likeness (QED) is 0.916. The first-order valence-corrected chi connectivity index (χ1v) is 7.73. The molecule has 1 N–H and O–H groups in total. The van der Waals surface area contributed by atoms with Crippen LogP contribution in [0, 0.1) is 5.82 Å². The molecule has 2 aromatic rings. The van der Waals surface area contributed by atoms with Crippen LogP contribution in [-0.4, -0.2) is 28.9 Å². The monoisotopic (exact) mass is 288 g/mol. The number of benzene rings is 1. The standard InChI is InChI=1S/C17H21FN2O/c1-2-3-17(21)20-8-6-12(7-9-20)15-11-19-16-5-4-13(18)10-14(15)16/h4-5,10-12,19H,2-3,6-9H2,1H3. The summed E-state index contributed by atoms with van der Waals surface area (Å²) < 4.78 is 13.4. The fourth-order valence-electron chi connectivity index (χ4n) is 3.26. The zero-order valence-corrected chi connectivity index (χ0v) is 12.4. The topological polar surface area (TPSA) is 36.1 Å². The molecular weight excluding hydrogens is 267 g/mol. The van der Waals surface area contributed by atoms with Crippen molar-refractivity contribution in [2.75, 3.05) is 13.1 Å². The van der Waals surface area contributed by atoms with Crippen molar-refractivity contribution >= 4 is 16.8 Å². The molecule has 1 amide bonds. The molecule has 1 fully saturated rings. The molecule has 1 aromatic carbocycles. The van der Waals surface area contributed by atoms with E-state index in [4.69, 9.17) is 0 Å². The van der Waals surface area contributed by atoms with Gasteiger partial charge in [-0.25, -0.2) is 4.39 Å². The summed E-state index contributed by atoms with van der Waals surface area (Å²) >= 11 is 0. The highest BCUT2D eigenvalue weighted by molar-refractivity contribution is 5.84. The van der Waals surface area contributed by atoms with Crippen LogP contribution >= 0.6 is 0 Å². The van der Waals surface area contributed by atoms with Crippen LogP contribution in [0.25, 0.3) is 10.9 Å². The molecule has 3 nitrogen and oxygen atoms in total. The molecule has 1 aromatic heterocycles. The predicted molar refractivity (Wildman–Crippen MR) is 81.7 cm³/mol. The van der Waals surface area contributed by atoms with Crippen molar-refractivity contribution in [2.24, 2.45) is 0 Å². The molecule has 0 aliphatic carbocycles. The summed E-state index contributed by atoms with van der Waals surface area (Å²) in [4.78, 5) is 17.1. The first-order chi connectivity index (χ1) is 10.2. The van der Waals surface area contributed by atoms with E-state index in [1.807, 2.05) is 18.0 Å². The number of fused-ring (bicyclic) bond motifs is 1. The molecule has 0 spiro atoms. The predicted octanol–water partition coefficient (Wildman–Crippen LogP) is 3.81. The molecule has 2 heterocycles. The minimum absolute atomic E-state index is 0.195. The molecule has 1 aliphatic rings. The molecule has 0 saturated carbocycles. The molecule has 112 valence electrons. The van der Waals surface area contributed by atoms with Gasteiger partial charge in [0.15, 0.2) is 0 Å². The van der Waals surface area contributed by atoms with Gasteiger partial charge in [0.25, 0.3) is 0 Å². The number of amides is 1. The lowest BCUT2D eigenvalue weighted by Gasteiger charge is -2.32. The minimum Gasteiger partial charge on any atom is -0.361 e. The lowest BCUT2D eigenvalue weighted by Crippen LogP contribution is -2.37. The van der Waals surface area contributed by atoms with E-state index in [-0.39, 0.29) is 11.7 Å². The third-order valence-electron chi connectivity index (χ3n) is 4.43. The van der Waals surface area contributed by atoms with Gasteiger partial charge in [0.05, 0.1) is 0 Å². The van der Waals surface area contributed by atoms with Crippen LogP contribution in [0.2, 0.25) is 0 Å². The third-order valence-corrected chi connectivity index (χ3v) is 4.43. The number of piperidine rings is 1. The molecule has 0 unspecified atom stereocenters. The van der Waals surface area contributed by atoms with Crippen molar-refractivity contribution in [2.45, 2.75) is 38.5 Å². The van der Waals surface area contributed by atoms with Crippen LogP contribution in [-0.2, 0) is 4.79 Å². The van der Waals surface area contributed by atoms with Crippen LogP contribution in [0.5, 0.6) is 0 Å². The van der Waals surface area contributed by atoms with E-state index in [0.717, 1.165) is 43.3 Å². The zero-order chi connectivity index (χ0) is 14.8. The second-order valence-electron chi connectivity index (χ2n) is 5.84. The maximum Gasteiger partial charge on any atom is 0.222 e. The van der Waals surface area contributed by atoms with E-state index < -0.39 is 0 Å². The normalized spacial score (nSPS) is 16.6. The van der Waals surface area contributed by atoms with Crippen LogP contribution in [0.15, 0.2) is 24.4 Å². The van der Waals surface area contributed by atoms with Gasteiger partial charge < -0.3 is 9.88 Å². The number of halogens is 1. The van der Waals surface area contributed by atoms with Crippen molar-refractivity contribution in [1.82, 2.24) is 9.88 Å². The molecule has 0 radical (unpaired) electrons. The number of aromatic nitrogens is 1. The minimum atomic E-state index is -0.195. The number of aromatic amines is 1. The van der Waals surface area contributed by atoms with Gasteiger partial charge in [0.2, 0.25) is 5.91 Å². The Morgan fingerprint density at radius 3 is 2.86 bits per heavy atom. The summed E-state index contributed by atoms with van der Waals surface area (Å²) in [6.07, 6.45) is 5.46. The average Bonchev–Trinajstić information content (AvgIpc) is 2.90. The van der Waals surface area contributed by atoms with Gasteiger partial charge in [-0.1, -0.05) is 6.92 Å². The maximum absolute atomic E-state index is 13.4. The van der Waals surface area contributed by atoms with E-state index in [1.54, 1.807) is 12.1 Å². The summed E-state index contributed by atoms with van der Waals surface area (Å²) in [5.74, 6) is 0.478. The number of rotatable bonds is 3. The van der Waals surface area contributed by atoms with Gasteiger partial charge >= 0.3 is 0 Å². The summed E-state index contributed by atoms with van der Waals surface area (Å²) in [6, 6.07) is 4.87. The Morgan fingerprint density at radius 2 is 2.14 bits per heavy atom. The molecule has 21 heavy (non-hydrogen) atoms. The second kappa shape index (κ2) is 5.88. The smallest absolute Gasteiger partial charge is 0.222 e. The Kier molecular flexibility index (Phi) is 3.95. The largest absolute Gasteiger partial charge is 0.361 e. The maximum atomic E-state index is 13.4. The lowest BCUT2D eigenvalue weighted by molar-refractivity contribution is -0.132. The highest BCUT2D eigenvalue weighted by atomic mass is 19.1. The van der Waals surface area contributed by atoms with E-state index in [1.165, 1.54) is 11.6 Å². The average molecular weight is 288 g/mol. The number of hydrogen-bond acceptors (Lipinski definition) is 1. The lowest BCUT2D eigenvalue weighted by atomic mass is 9.89. The highest BCUT2D eigenvalue weighted by Crippen LogP contribution is 2.33. The van der Waals surface area contributed by atoms with E-state index in [0.29, 0.717) is 12.3 Å². The number of carbonyl (C=O) groups excluding carboxylic acids is 1. The van der Waals surface area contributed by atoms with Crippen LogP contribution in [0.4, 0.5) is 4.39 Å². The Morgan fingerprint density at radius 1 is 1.38 bits per heavy atom. The Balaban J connectivity index is 1.74. The van der Waals surface area contributed by atoms with Gasteiger partial charge in [-0.15, -0.1) is 0 Å². The number of H-pyrrole nitrogens is 1. The number of hydrogen-bond donors (Lipinski definition) is 1. The van der Waals surface area contributed by atoms with Crippen LogP contribution < -0.4 is 0 Å². The van der Waals surface area contributed by atoms with Crippen molar-refractivity contribution in [3.05, 3.63) is 35.8 Å². The van der Waals surface area contributed by atoms with Gasteiger partial charge in [0.1, 0.15) is 5.82 Å². The molecule has 4 heteroatoms. The number of carbonyl (C=O) groups is 1. The molecule has 1 saturated heterocycles. The number of likely N-dealkylation sites (tertiary alicyclic amines) is 1. The Labute approximate surface area is 124 Å². The number of nitrogens with one attached hydrogen (secondary N) is 1. The molecule has 1 aliphatic heterocycles. The van der Waals surface area contributed by atoms with Gasteiger partial charge in [-0.05, 0) is 48.9 Å². The van der Waals surface area contributed by atoms with Crippen molar-refractivity contribution in [1.29, 1.82) is 0 Å². The first-order valence-electron chi connectivity index (χ1n) is 7.73. The van der Waals surface area contributed by atoms with E-state index >= 15 is 0 Å². The van der Waals surface area contributed by atoms with Crippen molar-refractivity contribution in [3.8, 4) is 0 Å². The van der Waals surface area contributed by atoms with Gasteiger partial charge in [0, 0.05) is 36.6 Å². The fraction of sp³-hybridized carbons (Fsp3) is 0.471. The zero-order valence-electron chi connectivity index (χ0n) is 12.4. The highest BCUT2D eigenvalue weighted by Gasteiger charge is 2.25. The molecule has 0 atom stereocenters. The summed E-state index contributed by atoms with van der Waals surface area (Å²) in [7, 11) is 0. The van der Waals surface area contributed by atoms with Gasteiger partial charge in [-0.2, -0.15) is 0 Å². The van der Waals surface area contributed by atoms with Gasteiger partial charge in [-0.3, -0.25) is 4.79 Å². The molecular formula is C17H21FN2O. The van der Waals surface area contributed by atoms with E-state index in [9.17, 15) is 9.18 Å². The van der Waals surface area contributed by atoms with Crippen LogP contribution in [0.1, 0.15) is 44.1 Å². The summed E-state index contributed by atoms with van der Waals surface area (Å²) in [5, 5.41) is 0.980. The molecule has 3 rings (SSSR count). The third kappa shape index (κ3) is 2.80. The van der Waals surface area contributed by atoms with Crippen LogP contribution in [0.3, 0.4) is 0 Å². The summed E-state index contributed by atoms with van der Waals surface area (Å²) in [6.45, 7) is 3.65.